The van der Waals surface area contributed by atoms with Crippen molar-refractivity contribution in [1.29, 1.82) is 0 Å². The van der Waals surface area contributed by atoms with Gasteiger partial charge in [-0.05, 0) is 23.3 Å². The maximum Gasteiger partial charge on any atom is 0.205 e. The second-order valence-corrected chi connectivity index (χ2v) is 4.69. The van der Waals surface area contributed by atoms with Crippen LogP contribution in [0.5, 0.6) is 0 Å². The van der Waals surface area contributed by atoms with Crippen molar-refractivity contribution >= 4 is 17.2 Å². The minimum Gasteiger partial charge on any atom is -0.325 e. The molecule has 102 valence electrons. The first-order valence-corrected chi connectivity index (χ1v) is 6.47. The number of benzene rings is 1. The van der Waals surface area contributed by atoms with Gasteiger partial charge in [0.15, 0.2) is 5.78 Å². The number of fused-ring (bicyclic) bond motifs is 1. The summed E-state index contributed by atoms with van der Waals surface area (Å²) < 4.78 is 0. The number of nitrogens with two attached hydrogens (primary N) is 1. The quantitative estimate of drug-likeness (QED) is 0.855. The zero-order valence-electron chi connectivity index (χ0n) is 11.2. The Hall–Kier alpha value is -2.84. The normalized spacial score (nSPS) is 13.3. The predicted molar refractivity (Wildman–Crippen MR) is 80.7 cm³/mol. The molecular formula is C16H12N4O. The highest BCUT2D eigenvalue weighted by molar-refractivity contribution is 6.16. The van der Waals surface area contributed by atoms with E-state index in [9.17, 15) is 4.79 Å². The Labute approximate surface area is 122 Å². The summed E-state index contributed by atoms with van der Waals surface area (Å²) in [4.78, 5) is 23.6. The summed E-state index contributed by atoms with van der Waals surface area (Å²) >= 11 is 0. The van der Waals surface area contributed by atoms with Crippen molar-refractivity contribution in [3.05, 3.63) is 59.2 Å². The lowest BCUT2D eigenvalue weighted by Crippen LogP contribution is -2.24. The summed E-state index contributed by atoms with van der Waals surface area (Å²) in [5.41, 5.74) is 10.1. The van der Waals surface area contributed by atoms with Gasteiger partial charge in [0.05, 0.1) is 12.3 Å². The number of pyridine rings is 1. The van der Waals surface area contributed by atoms with Crippen molar-refractivity contribution in [1.82, 2.24) is 4.98 Å². The molecule has 0 atom stereocenters. The molecule has 0 fully saturated rings. The second-order valence-electron chi connectivity index (χ2n) is 4.69. The molecule has 0 unspecified atom stereocenters. The monoisotopic (exact) mass is 276 g/mol. The maximum absolute atomic E-state index is 11.9. The zero-order valence-corrected chi connectivity index (χ0v) is 11.2. The van der Waals surface area contributed by atoms with Crippen molar-refractivity contribution in [2.24, 2.45) is 10.7 Å². The minimum atomic E-state index is 0.00165. The molecule has 1 aromatic carbocycles. The molecule has 0 saturated heterocycles. The van der Waals surface area contributed by atoms with E-state index < -0.39 is 0 Å². The molecule has 5 heteroatoms. The SMILES string of the molecule is [C-]#[N+]c1cncc(-c2ccc3c(c2)C(CN)=NCC3=O)c1. The van der Waals surface area contributed by atoms with E-state index in [2.05, 4.69) is 14.8 Å². The molecule has 2 aromatic rings. The highest BCUT2D eigenvalue weighted by Crippen LogP contribution is 2.27. The number of Topliss-reactive ketones (excluding diaryl/α,β-unsaturated/α-hetero) is 1. The summed E-state index contributed by atoms with van der Waals surface area (Å²) in [5, 5.41) is 0. The highest BCUT2D eigenvalue weighted by atomic mass is 16.1. The Morgan fingerprint density at radius 2 is 2.05 bits per heavy atom. The van der Waals surface area contributed by atoms with Crippen LogP contribution in [0.1, 0.15) is 15.9 Å². The zero-order chi connectivity index (χ0) is 14.8. The van der Waals surface area contributed by atoms with Crippen molar-refractivity contribution in [3.63, 3.8) is 0 Å². The molecule has 1 aliphatic rings. The minimum absolute atomic E-state index is 0.00165. The Bertz CT molecular complexity index is 802. The summed E-state index contributed by atoms with van der Waals surface area (Å²) in [6, 6.07) is 7.32. The molecule has 0 amide bonds. The van der Waals surface area contributed by atoms with Gasteiger partial charge >= 0.3 is 0 Å². The molecule has 21 heavy (non-hydrogen) atoms. The van der Waals surface area contributed by atoms with E-state index in [1.807, 2.05) is 12.1 Å². The molecule has 1 aromatic heterocycles. The van der Waals surface area contributed by atoms with Gasteiger partial charge in [-0.15, -0.1) is 0 Å². The van der Waals surface area contributed by atoms with Crippen molar-refractivity contribution in [3.8, 4) is 11.1 Å². The lowest BCUT2D eigenvalue weighted by Gasteiger charge is -2.16. The van der Waals surface area contributed by atoms with E-state index in [-0.39, 0.29) is 12.3 Å². The van der Waals surface area contributed by atoms with Crippen LogP contribution in [0.4, 0.5) is 5.69 Å². The van der Waals surface area contributed by atoms with Gasteiger partial charge in [-0.2, -0.15) is 0 Å². The molecule has 2 heterocycles. The number of carbonyl (C=O) groups excluding carboxylic acids is 1. The molecule has 0 aliphatic carbocycles. The van der Waals surface area contributed by atoms with E-state index in [1.54, 1.807) is 18.3 Å². The topological polar surface area (TPSA) is 72.7 Å². The van der Waals surface area contributed by atoms with E-state index in [4.69, 9.17) is 12.3 Å². The Balaban J connectivity index is 2.13. The number of hydrogen-bond donors (Lipinski definition) is 1. The molecule has 0 saturated carbocycles. The van der Waals surface area contributed by atoms with Gasteiger partial charge in [-0.3, -0.25) is 14.8 Å². The number of ketones is 1. The van der Waals surface area contributed by atoms with Gasteiger partial charge in [0.2, 0.25) is 5.69 Å². The lowest BCUT2D eigenvalue weighted by molar-refractivity contribution is 0.1000. The fourth-order valence-electron chi connectivity index (χ4n) is 2.36. The number of aliphatic imine (C=N–C) groups is 1. The van der Waals surface area contributed by atoms with E-state index in [1.165, 1.54) is 6.20 Å². The highest BCUT2D eigenvalue weighted by Gasteiger charge is 2.20. The number of nitrogens with zero attached hydrogens (tertiary/aromatic N) is 3. The number of rotatable bonds is 2. The number of hydrogen-bond acceptors (Lipinski definition) is 4. The molecular weight excluding hydrogens is 264 g/mol. The third kappa shape index (κ3) is 2.33. The maximum atomic E-state index is 11.9. The molecule has 2 N–H and O–H groups in total. The average Bonchev–Trinajstić information content (AvgIpc) is 2.55. The smallest absolute Gasteiger partial charge is 0.205 e. The summed E-state index contributed by atoms with van der Waals surface area (Å²) in [6.45, 7) is 7.50. The predicted octanol–water partition coefficient (Wildman–Crippen LogP) is 2.24. The van der Waals surface area contributed by atoms with Crippen LogP contribution < -0.4 is 5.73 Å². The molecule has 0 bridgehead atoms. The standard InChI is InChI=1S/C16H12N4O/c1-18-12-4-11(7-19-8-12)10-2-3-13-14(5-10)15(6-17)20-9-16(13)21/h2-5,7-8H,6,9,17H2. The van der Waals surface area contributed by atoms with Crippen LogP contribution in [0.25, 0.3) is 16.0 Å². The first-order valence-electron chi connectivity index (χ1n) is 6.47. The van der Waals surface area contributed by atoms with E-state index in [0.717, 1.165) is 22.4 Å². The van der Waals surface area contributed by atoms with Gasteiger partial charge in [-0.1, -0.05) is 12.1 Å². The first kappa shape index (κ1) is 13.2. The molecule has 1 aliphatic heterocycles. The second kappa shape index (κ2) is 5.27. The van der Waals surface area contributed by atoms with Crippen LogP contribution in [-0.4, -0.2) is 29.6 Å². The van der Waals surface area contributed by atoms with Gasteiger partial charge in [0, 0.05) is 30.1 Å². The summed E-state index contributed by atoms with van der Waals surface area (Å²) in [5.74, 6) is 0.00165. The van der Waals surface area contributed by atoms with E-state index >= 15 is 0 Å². The van der Waals surface area contributed by atoms with Gasteiger partial charge < -0.3 is 5.73 Å². The van der Waals surface area contributed by atoms with Crippen LogP contribution in [0.15, 0.2) is 41.7 Å². The van der Waals surface area contributed by atoms with Crippen LogP contribution in [-0.2, 0) is 0 Å². The molecule has 5 nitrogen and oxygen atoms in total. The van der Waals surface area contributed by atoms with Crippen molar-refractivity contribution < 1.29 is 4.79 Å². The van der Waals surface area contributed by atoms with E-state index in [0.29, 0.717) is 17.8 Å². The largest absolute Gasteiger partial charge is 0.325 e. The van der Waals surface area contributed by atoms with Crippen LogP contribution >= 0.6 is 0 Å². The summed E-state index contributed by atoms with van der Waals surface area (Å²) in [7, 11) is 0. The van der Waals surface area contributed by atoms with Crippen LogP contribution in [0.3, 0.4) is 0 Å². The van der Waals surface area contributed by atoms with Gasteiger partial charge in [0.1, 0.15) is 6.54 Å². The fourth-order valence-corrected chi connectivity index (χ4v) is 2.36. The van der Waals surface area contributed by atoms with Gasteiger partial charge in [0.25, 0.3) is 0 Å². The average molecular weight is 276 g/mol. The molecule has 0 radical (unpaired) electrons. The first-order chi connectivity index (χ1) is 10.2. The molecule has 0 spiro atoms. The van der Waals surface area contributed by atoms with Crippen LogP contribution in [0, 0.1) is 6.57 Å². The van der Waals surface area contributed by atoms with Crippen molar-refractivity contribution in [2.45, 2.75) is 0 Å². The third-order valence-corrected chi connectivity index (χ3v) is 3.42. The summed E-state index contributed by atoms with van der Waals surface area (Å²) in [6.07, 6.45) is 3.21. The van der Waals surface area contributed by atoms with Crippen LogP contribution in [0.2, 0.25) is 0 Å². The fraction of sp³-hybridized carbons (Fsp3) is 0.125. The lowest BCUT2D eigenvalue weighted by atomic mass is 9.93. The molecule has 3 rings (SSSR count). The Morgan fingerprint density at radius 3 is 2.81 bits per heavy atom. The van der Waals surface area contributed by atoms with Crippen molar-refractivity contribution in [2.75, 3.05) is 13.1 Å². The van der Waals surface area contributed by atoms with Gasteiger partial charge in [-0.25, -0.2) is 4.85 Å². The Morgan fingerprint density at radius 1 is 1.19 bits per heavy atom. The Kier molecular flexibility index (Phi) is 3.30. The third-order valence-electron chi connectivity index (χ3n) is 3.42. The number of carbonyl (C=O) groups is 1. The number of aromatic nitrogens is 1.